The minimum Gasteiger partial charge on any atom is -0.311 e. The van der Waals surface area contributed by atoms with Crippen LogP contribution in [0.15, 0.2) is 65.7 Å². The van der Waals surface area contributed by atoms with Crippen molar-refractivity contribution in [2.24, 2.45) is 4.99 Å². The first kappa shape index (κ1) is 11.4. The van der Waals surface area contributed by atoms with Gasteiger partial charge in [0.05, 0.1) is 12.4 Å². The summed E-state index contributed by atoms with van der Waals surface area (Å²) in [6.45, 7) is 0.756. The summed E-state index contributed by atoms with van der Waals surface area (Å²) in [5.74, 6) is 0.998. The molecule has 0 N–H and O–H groups in total. The predicted octanol–water partition coefficient (Wildman–Crippen LogP) is 3.75. The summed E-state index contributed by atoms with van der Waals surface area (Å²) in [7, 11) is 0. The molecule has 3 heteroatoms. The molecule has 0 amide bonds. The number of para-hydroxylation sites is 1. The number of amidine groups is 1. The molecule has 0 atom stereocenters. The molecular weight excluding hydrogens is 240 g/mol. The third-order valence-electron chi connectivity index (χ3n) is 2.86. The first-order valence-corrected chi connectivity index (χ1v) is 6.96. The van der Waals surface area contributed by atoms with Crippen molar-refractivity contribution >= 4 is 22.6 Å². The Balaban J connectivity index is 1.70. The Bertz CT molecular complexity index is 537. The normalized spacial score (nSPS) is 16.7. The highest BCUT2D eigenvalue weighted by molar-refractivity contribution is 8.16. The minimum absolute atomic E-state index is 0.756. The third-order valence-corrected chi connectivity index (χ3v) is 3.86. The van der Waals surface area contributed by atoms with Gasteiger partial charge in [0.2, 0.25) is 0 Å². The summed E-state index contributed by atoms with van der Waals surface area (Å²) in [5.41, 5.74) is 2.48. The molecule has 1 aliphatic heterocycles. The summed E-state index contributed by atoms with van der Waals surface area (Å²) < 4.78 is 0. The molecule has 1 aliphatic rings. The molecule has 1 heterocycles. The molecule has 18 heavy (non-hydrogen) atoms. The van der Waals surface area contributed by atoms with Crippen molar-refractivity contribution in [1.82, 2.24) is 0 Å². The minimum atomic E-state index is 0.756. The Morgan fingerprint density at radius 1 is 0.944 bits per heavy atom. The topological polar surface area (TPSA) is 15.6 Å². The zero-order chi connectivity index (χ0) is 12.2. The molecule has 0 aromatic heterocycles. The highest BCUT2D eigenvalue weighted by Gasteiger charge is 2.23. The highest BCUT2D eigenvalue weighted by atomic mass is 32.2. The van der Waals surface area contributed by atoms with Crippen molar-refractivity contribution in [3.63, 3.8) is 0 Å². The molecule has 0 bridgehead atoms. The van der Waals surface area contributed by atoms with E-state index in [4.69, 9.17) is 0 Å². The Morgan fingerprint density at radius 2 is 1.61 bits per heavy atom. The van der Waals surface area contributed by atoms with Crippen molar-refractivity contribution in [2.75, 3.05) is 10.8 Å². The van der Waals surface area contributed by atoms with Crippen LogP contribution in [-0.2, 0) is 6.54 Å². The van der Waals surface area contributed by atoms with Crippen LogP contribution in [0.25, 0.3) is 0 Å². The molecule has 1 fully saturated rings. The van der Waals surface area contributed by atoms with E-state index < -0.39 is 0 Å². The quantitative estimate of drug-likeness (QED) is 0.829. The number of benzene rings is 2. The van der Waals surface area contributed by atoms with E-state index in [2.05, 4.69) is 58.4 Å². The predicted molar refractivity (Wildman–Crippen MR) is 79.0 cm³/mol. The van der Waals surface area contributed by atoms with Crippen LogP contribution in [0.1, 0.15) is 5.56 Å². The molecular formula is C15H14N2S. The lowest BCUT2D eigenvalue weighted by molar-refractivity contribution is 1.05. The van der Waals surface area contributed by atoms with Crippen LogP contribution in [0, 0.1) is 0 Å². The summed E-state index contributed by atoms with van der Waals surface area (Å²) in [6.07, 6.45) is 0. The molecule has 2 aromatic rings. The summed E-state index contributed by atoms with van der Waals surface area (Å²) >= 11 is 1.80. The van der Waals surface area contributed by atoms with Gasteiger partial charge in [-0.1, -0.05) is 60.3 Å². The van der Waals surface area contributed by atoms with Crippen molar-refractivity contribution in [3.8, 4) is 0 Å². The van der Waals surface area contributed by atoms with Crippen LogP contribution in [0.5, 0.6) is 0 Å². The summed E-state index contributed by atoms with van der Waals surface area (Å²) in [5, 5.41) is 1.12. The Hall–Kier alpha value is -1.74. The lowest BCUT2D eigenvalue weighted by atomic mass is 10.2. The second-order valence-corrected chi connectivity index (χ2v) is 5.03. The number of anilines is 1. The summed E-state index contributed by atoms with van der Waals surface area (Å²) in [6, 6.07) is 20.8. The van der Waals surface area contributed by atoms with Gasteiger partial charge in [-0.25, -0.2) is 0 Å². The molecule has 0 radical (unpaired) electrons. The van der Waals surface area contributed by atoms with Crippen LogP contribution < -0.4 is 4.90 Å². The van der Waals surface area contributed by atoms with Crippen LogP contribution in [0.2, 0.25) is 0 Å². The largest absolute Gasteiger partial charge is 0.311 e. The van der Waals surface area contributed by atoms with Gasteiger partial charge in [-0.05, 0) is 17.7 Å². The molecule has 0 aliphatic carbocycles. The average Bonchev–Trinajstić information content (AvgIpc) is 2.40. The molecule has 0 spiro atoms. The van der Waals surface area contributed by atoms with Gasteiger partial charge in [-0.3, -0.25) is 4.99 Å². The van der Waals surface area contributed by atoms with Gasteiger partial charge in [-0.2, -0.15) is 0 Å². The number of thioether (sulfide) groups is 1. The van der Waals surface area contributed by atoms with Gasteiger partial charge in [0.1, 0.15) is 0 Å². The van der Waals surface area contributed by atoms with Gasteiger partial charge < -0.3 is 4.90 Å². The second kappa shape index (κ2) is 5.27. The molecule has 3 rings (SSSR count). The van der Waals surface area contributed by atoms with E-state index in [0.29, 0.717) is 0 Å². The first-order chi connectivity index (χ1) is 8.93. The van der Waals surface area contributed by atoms with Crippen LogP contribution in [-0.4, -0.2) is 11.0 Å². The monoisotopic (exact) mass is 254 g/mol. The lowest BCUT2D eigenvalue weighted by Crippen LogP contribution is -2.38. The van der Waals surface area contributed by atoms with Gasteiger partial charge in [0, 0.05) is 5.69 Å². The molecule has 1 saturated heterocycles. The van der Waals surface area contributed by atoms with E-state index in [1.165, 1.54) is 11.3 Å². The number of nitrogens with zero attached hydrogens (tertiary/aromatic N) is 2. The smallest absolute Gasteiger partial charge is 0.166 e. The molecule has 2 nitrogen and oxygen atoms in total. The van der Waals surface area contributed by atoms with E-state index >= 15 is 0 Å². The fourth-order valence-electron chi connectivity index (χ4n) is 1.85. The van der Waals surface area contributed by atoms with Crippen LogP contribution in [0.3, 0.4) is 0 Å². The highest BCUT2D eigenvalue weighted by Crippen LogP contribution is 2.29. The summed E-state index contributed by atoms with van der Waals surface area (Å²) in [4.78, 5) is 6.91. The van der Waals surface area contributed by atoms with Crippen molar-refractivity contribution in [3.05, 3.63) is 66.2 Å². The molecule has 0 saturated carbocycles. The van der Waals surface area contributed by atoms with E-state index in [0.717, 1.165) is 17.6 Å². The first-order valence-electron chi connectivity index (χ1n) is 5.97. The van der Waals surface area contributed by atoms with E-state index in [1.54, 1.807) is 11.8 Å². The zero-order valence-corrected chi connectivity index (χ0v) is 10.8. The van der Waals surface area contributed by atoms with Crippen molar-refractivity contribution < 1.29 is 0 Å². The Labute approximate surface area is 111 Å². The maximum Gasteiger partial charge on any atom is 0.166 e. The van der Waals surface area contributed by atoms with Crippen LogP contribution in [0.4, 0.5) is 5.69 Å². The number of aliphatic imine (C=N–C) groups is 1. The molecule has 2 aromatic carbocycles. The van der Waals surface area contributed by atoms with E-state index in [1.807, 2.05) is 12.1 Å². The van der Waals surface area contributed by atoms with Gasteiger partial charge >= 0.3 is 0 Å². The molecule has 90 valence electrons. The SMILES string of the molecule is c1ccc(CN=C2SCN2c2ccccc2)cc1. The van der Waals surface area contributed by atoms with Gasteiger partial charge in [0.25, 0.3) is 0 Å². The van der Waals surface area contributed by atoms with E-state index in [-0.39, 0.29) is 0 Å². The Kier molecular flexibility index (Phi) is 3.33. The number of hydrogen-bond donors (Lipinski definition) is 0. The lowest BCUT2D eigenvalue weighted by Gasteiger charge is -2.33. The van der Waals surface area contributed by atoms with Crippen LogP contribution >= 0.6 is 11.8 Å². The standard InChI is InChI=1S/C15H14N2S/c1-3-7-13(8-4-1)11-16-15-17(12-18-15)14-9-5-2-6-10-14/h1-10H,11-12H2. The van der Waals surface area contributed by atoms with E-state index in [9.17, 15) is 0 Å². The average molecular weight is 254 g/mol. The second-order valence-electron chi connectivity index (χ2n) is 4.12. The van der Waals surface area contributed by atoms with Crippen molar-refractivity contribution in [2.45, 2.75) is 6.54 Å². The third kappa shape index (κ3) is 2.41. The Morgan fingerprint density at radius 3 is 2.22 bits per heavy atom. The maximum atomic E-state index is 4.66. The van der Waals surface area contributed by atoms with Gasteiger partial charge in [0.15, 0.2) is 5.17 Å². The van der Waals surface area contributed by atoms with Crippen molar-refractivity contribution in [1.29, 1.82) is 0 Å². The maximum absolute atomic E-state index is 4.66. The fourth-order valence-corrected chi connectivity index (χ4v) is 2.64. The molecule has 0 unspecified atom stereocenters. The number of rotatable bonds is 3. The fraction of sp³-hybridized carbons (Fsp3) is 0.133. The van der Waals surface area contributed by atoms with Gasteiger partial charge in [-0.15, -0.1) is 0 Å². The zero-order valence-electron chi connectivity index (χ0n) is 9.99. The number of hydrogen-bond acceptors (Lipinski definition) is 2.